The van der Waals surface area contributed by atoms with Crippen LogP contribution in [-0.2, 0) is 13.6 Å². The van der Waals surface area contributed by atoms with Crippen LogP contribution in [0.4, 0.5) is 0 Å². The van der Waals surface area contributed by atoms with Gasteiger partial charge in [-0.2, -0.15) is 0 Å². The quantitative estimate of drug-likeness (QED) is 0.451. The van der Waals surface area contributed by atoms with Gasteiger partial charge in [0.1, 0.15) is 7.05 Å². The fourth-order valence-corrected chi connectivity index (χ4v) is 1.92. The smallest absolute Gasteiger partial charge is 0.205 e. The summed E-state index contributed by atoms with van der Waals surface area (Å²) in [4.78, 5) is 0. The predicted octanol–water partition coefficient (Wildman–Crippen LogP) is 1.89. The summed E-state index contributed by atoms with van der Waals surface area (Å²) in [6.45, 7) is 5.34. The number of thiol groups is 1. The topological polar surface area (TPSA) is 21.7 Å². The SMILES string of the molecule is CCCCCCn1c(S)n[n+](C)c1C. The van der Waals surface area contributed by atoms with Gasteiger partial charge in [-0.15, -0.1) is 4.68 Å². The van der Waals surface area contributed by atoms with Gasteiger partial charge in [0.15, 0.2) is 0 Å². The molecule has 0 saturated carbocycles. The lowest BCUT2D eigenvalue weighted by molar-refractivity contribution is -0.736. The van der Waals surface area contributed by atoms with E-state index in [0.29, 0.717) is 0 Å². The molecule has 4 heteroatoms. The number of hydrogen-bond acceptors (Lipinski definition) is 2. The average molecular weight is 214 g/mol. The summed E-state index contributed by atoms with van der Waals surface area (Å²) in [5.74, 6) is 1.17. The summed E-state index contributed by atoms with van der Waals surface area (Å²) in [5.41, 5.74) is 0. The normalized spacial score (nSPS) is 10.9. The van der Waals surface area contributed by atoms with Crippen LogP contribution >= 0.6 is 12.6 Å². The summed E-state index contributed by atoms with van der Waals surface area (Å²) in [7, 11) is 1.96. The molecule has 0 N–H and O–H groups in total. The Morgan fingerprint density at radius 2 is 2.07 bits per heavy atom. The van der Waals surface area contributed by atoms with E-state index in [1.807, 2.05) is 11.7 Å². The number of unbranched alkanes of at least 4 members (excludes halogenated alkanes) is 3. The van der Waals surface area contributed by atoms with Crippen molar-refractivity contribution >= 4 is 12.6 Å². The Balaban J connectivity index is 2.49. The van der Waals surface area contributed by atoms with Gasteiger partial charge in [-0.1, -0.05) is 32.4 Å². The van der Waals surface area contributed by atoms with Crippen molar-refractivity contribution in [1.82, 2.24) is 9.67 Å². The molecule has 14 heavy (non-hydrogen) atoms. The van der Waals surface area contributed by atoms with E-state index in [1.165, 1.54) is 31.5 Å². The van der Waals surface area contributed by atoms with Gasteiger partial charge in [-0.05, 0) is 17.9 Å². The van der Waals surface area contributed by atoms with E-state index in [-0.39, 0.29) is 0 Å². The fraction of sp³-hybridized carbons (Fsp3) is 0.800. The van der Waals surface area contributed by atoms with Crippen LogP contribution < -0.4 is 4.68 Å². The molecule has 1 aromatic rings. The van der Waals surface area contributed by atoms with Crippen molar-refractivity contribution in [2.75, 3.05) is 0 Å². The van der Waals surface area contributed by atoms with Crippen molar-refractivity contribution in [1.29, 1.82) is 0 Å². The minimum Gasteiger partial charge on any atom is -0.205 e. The van der Waals surface area contributed by atoms with Crippen LogP contribution in [0.25, 0.3) is 0 Å². The van der Waals surface area contributed by atoms with Crippen molar-refractivity contribution < 1.29 is 4.68 Å². The highest BCUT2D eigenvalue weighted by molar-refractivity contribution is 7.80. The molecule has 80 valence electrons. The Labute approximate surface area is 91.5 Å². The summed E-state index contributed by atoms with van der Waals surface area (Å²) in [5, 5.41) is 5.07. The van der Waals surface area contributed by atoms with E-state index < -0.39 is 0 Å². The molecular formula is C10H20N3S+. The first-order valence-electron chi connectivity index (χ1n) is 5.29. The highest BCUT2D eigenvalue weighted by Gasteiger charge is 2.15. The van der Waals surface area contributed by atoms with Crippen LogP contribution in [-0.4, -0.2) is 9.67 Å². The second kappa shape index (κ2) is 5.39. The lowest BCUT2D eigenvalue weighted by Gasteiger charge is -1.98. The third kappa shape index (κ3) is 2.74. The summed E-state index contributed by atoms with van der Waals surface area (Å²) in [6.07, 6.45) is 5.12. The average Bonchev–Trinajstić information content (AvgIpc) is 2.38. The largest absolute Gasteiger partial charge is 0.292 e. The van der Waals surface area contributed by atoms with Crippen LogP contribution in [0.3, 0.4) is 0 Å². The number of hydrogen-bond donors (Lipinski definition) is 1. The van der Waals surface area contributed by atoms with E-state index in [1.54, 1.807) is 0 Å². The number of rotatable bonds is 5. The fourth-order valence-electron chi connectivity index (χ4n) is 1.54. The molecular weight excluding hydrogens is 194 g/mol. The summed E-state index contributed by atoms with van der Waals surface area (Å²) < 4.78 is 4.04. The highest BCUT2D eigenvalue weighted by Crippen LogP contribution is 2.07. The first kappa shape index (κ1) is 11.6. The maximum atomic E-state index is 4.34. The van der Waals surface area contributed by atoms with E-state index >= 15 is 0 Å². The first-order valence-corrected chi connectivity index (χ1v) is 5.74. The maximum Gasteiger partial charge on any atom is 0.292 e. The minimum absolute atomic E-state index is 0.821. The summed E-state index contributed by atoms with van der Waals surface area (Å²) in [6, 6.07) is 0. The van der Waals surface area contributed by atoms with Gasteiger partial charge >= 0.3 is 0 Å². The van der Waals surface area contributed by atoms with Crippen molar-refractivity contribution in [3.05, 3.63) is 5.82 Å². The Hall–Kier alpha value is -0.510. The molecule has 0 amide bonds. The molecule has 1 heterocycles. The molecule has 0 atom stereocenters. The predicted molar refractivity (Wildman–Crippen MR) is 59.5 cm³/mol. The van der Waals surface area contributed by atoms with Crippen LogP contribution in [0.2, 0.25) is 0 Å². The lowest BCUT2D eigenvalue weighted by atomic mass is 10.2. The third-order valence-electron chi connectivity index (χ3n) is 2.58. The van der Waals surface area contributed by atoms with E-state index in [9.17, 15) is 0 Å². The highest BCUT2D eigenvalue weighted by atomic mass is 32.1. The molecule has 0 radical (unpaired) electrons. The molecule has 0 aliphatic rings. The first-order chi connectivity index (χ1) is 6.66. The zero-order chi connectivity index (χ0) is 10.6. The van der Waals surface area contributed by atoms with Gasteiger partial charge in [0.05, 0.1) is 6.54 Å². The molecule has 1 rings (SSSR count). The zero-order valence-corrected chi connectivity index (χ0v) is 10.2. The van der Waals surface area contributed by atoms with Crippen LogP contribution in [0.1, 0.15) is 38.4 Å². The second-order valence-corrected chi connectivity index (χ2v) is 4.08. The molecule has 0 aromatic carbocycles. The Morgan fingerprint density at radius 1 is 1.36 bits per heavy atom. The molecule has 0 unspecified atom stereocenters. The standard InChI is InChI=1S/C10H19N3S/c1-4-5-6-7-8-13-9(2)12(3)11-10(13)14/h4-8H2,1-3H3/p+1. The second-order valence-electron chi connectivity index (χ2n) is 3.68. The van der Waals surface area contributed by atoms with E-state index in [4.69, 9.17) is 0 Å². The molecule has 0 aliphatic carbocycles. The van der Waals surface area contributed by atoms with Crippen molar-refractivity contribution in [2.24, 2.45) is 7.05 Å². The monoisotopic (exact) mass is 214 g/mol. The molecule has 0 spiro atoms. The van der Waals surface area contributed by atoms with Crippen LogP contribution in [0, 0.1) is 6.92 Å². The van der Waals surface area contributed by atoms with E-state index in [0.717, 1.165) is 11.7 Å². The van der Waals surface area contributed by atoms with Gasteiger partial charge < -0.3 is 0 Å². The molecule has 3 nitrogen and oxygen atoms in total. The van der Waals surface area contributed by atoms with Crippen LogP contribution in [0.5, 0.6) is 0 Å². The molecule has 0 bridgehead atoms. The molecule has 0 saturated heterocycles. The van der Waals surface area contributed by atoms with Gasteiger partial charge in [-0.3, -0.25) is 0 Å². The number of aromatic nitrogens is 3. The number of aryl methyl sites for hydroxylation is 1. The Kier molecular flexibility index (Phi) is 4.45. The van der Waals surface area contributed by atoms with Gasteiger partial charge in [-0.25, -0.2) is 4.57 Å². The van der Waals surface area contributed by atoms with Gasteiger partial charge in [0.25, 0.3) is 11.0 Å². The van der Waals surface area contributed by atoms with Gasteiger partial charge in [0, 0.05) is 6.92 Å². The van der Waals surface area contributed by atoms with Crippen LogP contribution in [0.15, 0.2) is 5.16 Å². The Morgan fingerprint density at radius 3 is 2.57 bits per heavy atom. The number of nitrogens with zero attached hydrogens (tertiary/aromatic N) is 3. The van der Waals surface area contributed by atoms with Crippen molar-refractivity contribution in [3.8, 4) is 0 Å². The molecule has 0 aliphatic heterocycles. The lowest BCUT2D eigenvalue weighted by Crippen LogP contribution is -2.33. The molecule has 1 aromatic heterocycles. The van der Waals surface area contributed by atoms with Gasteiger partial charge in [0.2, 0.25) is 0 Å². The summed E-state index contributed by atoms with van der Waals surface area (Å²) >= 11 is 4.34. The third-order valence-corrected chi connectivity index (χ3v) is 2.91. The van der Waals surface area contributed by atoms with Crippen molar-refractivity contribution in [2.45, 2.75) is 51.2 Å². The van der Waals surface area contributed by atoms with Crippen molar-refractivity contribution in [3.63, 3.8) is 0 Å². The zero-order valence-electron chi connectivity index (χ0n) is 9.32. The Bertz CT molecular complexity index is 294. The van der Waals surface area contributed by atoms with E-state index in [2.05, 4.69) is 36.1 Å². The maximum absolute atomic E-state index is 4.34. The minimum atomic E-state index is 0.821. The molecule has 0 fully saturated rings.